The van der Waals surface area contributed by atoms with Crippen LogP contribution in [-0.2, 0) is 0 Å². The molecule has 0 amide bonds. The SMILES string of the molecule is Cc1ccc(-c2ccsc2C(=O)c2sccc2-c2ccc(C)cc2)cc1. The standard InChI is InChI=1S/C23H18OS2/c1-15-3-7-17(8-4-15)19-11-13-25-22(19)21(24)23-20(12-14-26-23)18-9-5-16(2)6-10-18/h3-14H,1-2H3. The van der Waals surface area contributed by atoms with Gasteiger partial charge in [-0.05, 0) is 47.9 Å². The van der Waals surface area contributed by atoms with Crippen LogP contribution in [0.2, 0.25) is 0 Å². The molecule has 0 N–H and O–H groups in total. The molecule has 1 nitrogen and oxygen atoms in total. The van der Waals surface area contributed by atoms with Gasteiger partial charge in [0.2, 0.25) is 5.78 Å². The van der Waals surface area contributed by atoms with Crippen LogP contribution in [0.15, 0.2) is 71.4 Å². The van der Waals surface area contributed by atoms with Crippen molar-refractivity contribution in [3.63, 3.8) is 0 Å². The average molecular weight is 375 g/mol. The Balaban J connectivity index is 1.75. The van der Waals surface area contributed by atoms with Crippen LogP contribution in [0.25, 0.3) is 22.3 Å². The fourth-order valence-corrected chi connectivity index (χ4v) is 4.78. The van der Waals surface area contributed by atoms with Crippen molar-refractivity contribution in [1.82, 2.24) is 0 Å². The smallest absolute Gasteiger partial charge is 0.214 e. The Morgan fingerprint density at radius 1 is 0.615 bits per heavy atom. The van der Waals surface area contributed by atoms with E-state index in [9.17, 15) is 4.79 Å². The normalized spacial score (nSPS) is 10.8. The van der Waals surface area contributed by atoms with Gasteiger partial charge in [-0.2, -0.15) is 0 Å². The van der Waals surface area contributed by atoms with Crippen LogP contribution in [0.3, 0.4) is 0 Å². The molecule has 0 spiro atoms. The summed E-state index contributed by atoms with van der Waals surface area (Å²) in [5.41, 5.74) is 6.65. The highest BCUT2D eigenvalue weighted by molar-refractivity contribution is 7.16. The van der Waals surface area contributed by atoms with Crippen LogP contribution in [0.4, 0.5) is 0 Å². The van der Waals surface area contributed by atoms with Crippen LogP contribution in [0, 0.1) is 13.8 Å². The van der Waals surface area contributed by atoms with E-state index in [2.05, 4.69) is 62.4 Å². The first-order valence-electron chi connectivity index (χ1n) is 8.47. The molecule has 4 aromatic rings. The van der Waals surface area contributed by atoms with Crippen LogP contribution < -0.4 is 0 Å². The second-order valence-corrected chi connectivity index (χ2v) is 8.22. The summed E-state index contributed by atoms with van der Waals surface area (Å²) < 4.78 is 0. The molecule has 2 aromatic carbocycles. The molecule has 2 aromatic heterocycles. The minimum Gasteiger partial charge on any atom is -0.287 e. The van der Waals surface area contributed by atoms with E-state index in [-0.39, 0.29) is 5.78 Å². The molecule has 0 aliphatic carbocycles. The number of rotatable bonds is 4. The lowest BCUT2D eigenvalue weighted by molar-refractivity contribution is 0.104. The van der Waals surface area contributed by atoms with E-state index >= 15 is 0 Å². The molecule has 0 aliphatic rings. The first kappa shape index (κ1) is 17.0. The first-order valence-corrected chi connectivity index (χ1v) is 10.2. The van der Waals surface area contributed by atoms with Crippen LogP contribution in [0.1, 0.15) is 25.7 Å². The zero-order chi connectivity index (χ0) is 18.1. The maximum absolute atomic E-state index is 13.3. The second kappa shape index (κ2) is 7.02. The third kappa shape index (κ3) is 3.16. The number of carbonyl (C=O) groups is 1. The van der Waals surface area contributed by atoms with Gasteiger partial charge in [0.1, 0.15) is 0 Å². The summed E-state index contributed by atoms with van der Waals surface area (Å²) in [5, 5.41) is 4.00. The summed E-state index contributed by atoms with van der Waals surface area (Å²) in [6.07, 6.45) is 0. The van der Waals surface area contributed by atoms with E-state index in [0.29, 0.717) is 0 Å². The summed E-state index contributed by atoms with van der Waals surface area (Å²) >= 11 is 3.04. The predicted molar refractivity (Wildman–Crippen MR) is 112 cm³/mol. The summed E-state index contributed by atoms with van der Waals surface area (Å²) in [5.74, 6) is 0.112. The molecule has 0 aliphatic heterocycles. The molecule has 128 valence electrons. The van der Waals surface area contributed by atoms with Crippen molar-refractivity contribution in [3.05, 3.63) is 92.3 Å². The van der Waals surface area contributed by atoms with E-state index in [1.165, 1.54) is 33.8 Å². The lowest BCUT2D eigenvalue weighted by atomic mass is 10.00. The zero-order valence-electron chi connectivity index (χ0n) is 14.7. The third-order valence-corrected chi connectivity index (χ3v) is 6.29. The topological polar surface area (TPSA) is 17.1 Å². The third-order valence-electron chi connectivity index (χ3n) is 4.47. The summed E-state index contributed by atoms with van der Waals surface area (Å²) in [6, 6.07) is 20.8. The van der Waals surface area contributed by atoms with Crippen molar-refractivity contribution in [1.29, 1.82) is 0 Å². The van der Waals surface area contributed by atoms with Crippen molar-refractivity contribution in [2.75, 3.05) is 0 Å². The number of thiophene rings is 2. The van der Waals surface area contributed by atoms with Gasteiger partial charge in [0.05, 0.1) is 9.75 Å². The Labute approximate surface area is 161 Å². The molecule has 0 fully saturated rings. The highest BCUT2D eigenvalue weighted by Crippen LogP contribution is 2.35. The van der Waals surface area contributed by atoms with E-state index in [0.717, 1.165) is 32.0 Å². The monoisotopic (exact) mass is 374 g/mol. The summed E-state index contributed by atoms with van der Waals surface area (Å²) in [6.45, 7) is 4.14. The van der Waals surface area contributed by atoms with E-state index in [1.54, 1.807) is 0 Å². The fraction of sp³-hybridized carbons (Fsp3) is 0.0870. The highest BCUT2D eigenvalue weighted by Gasteiger charge is 2.21. The summed E-state index contributed by atoms with van der Waals surface area (Å²) in [7, 11) is 0. The first-order chi connectivity index (χ1) is 12.6. The van der Waals surface area contributed by atoms with Crippen molar-refractivity contribution in [2.45, 2.75) is 13.8 Å². The van der Waals surface area contributed by atoms with Gasteiger partial charge in [-0.1, -0.05) is 59.7 Å². The minimum atomic E-state index is 0.112. The van der Waals surface area contributed by atoms with Gasteiger partial charge in [-0.25, -0.2) is 0 Å². The Hall–Kier alpha value is -2.49. The van der Waals surface area contributed by atoms with Gasteiger partial charge in [-0.15, -0.1) is 22.7 Å². The average Bonchev–Trinajstić information content (AvgIpc) is 3.32. The van der Waals surface area contributed by atoms with Crippen molar-refractivity contribution < 1.29 is 4.79 Å². The molecular weight excluding hydrogens is 356 g/mol. The van der Waals surface area contributed by atoms with Gasteiger partial charge < -0.3 is 0 Å². The number of aryl methyl sites for hydroxylation is 2. The Morgan fingerprint density at radius 3 is 1.38 bits per heavy atom. The van der Waals surface area contributed by atoms with E-state index in [1.807, 2.05) is 22.9 Å². The lowest BCUT2D eigenvalue weighted by Crippen LogP contribution is -1.99. The van der Waals surface area contributed by atoms with Crippen LogP contribution in [-0.4, -0.2) is 5.78 Å². The highest BCUT2D eigenvalue weighted by atomic mass is 32.1. The van der Waals surface area contributed by atoms with Crippen LogP contribution >= 0.6 is 22.7 Å². The molecule has 0 atom stereocenters. The molecule has 26 heavy (non-hydrogen) atoms. The molecular formula is C23H18OS2. The lowest BCUT2D eigenvalue weighted by Gasteiger charge is -2.06. The molecule has 0 saturated carbocycles. The number of carbonyl (C=O) groups excluding carboxylic acids is 1. The number of benzene rings is 2. The molecule has 4 rings (SSSR count). The van der Waals surface area contributed by atoms with Gasteiger partial charge >= 0.3 is 0 Å². The van der Waals surface area contributed by atoms with Crippen LogP contribution in [0.5, 0.6) is 0 Å². The Morgan fingerprint density at radius 2 is 1.00 bits per heavy atom. The van der Waals surface area contributed by atoms with E-state index < -0.39 is 0 Å². The number of ketones is 1. The maximum atomic E-state index is 13.3. The van der Waals surface area contributed by atoms with Gasteiger partial charge in [-0.3, -0.25) is 4.79 Å². The van der Waals surface area contributed by atoms with Crippen molar-refractivity contribution in [2.24, 2.45) is 0 Å². The molecule has 0 unspecified atom stereocenters. The van der Waals surface area contributed by atoms with E-state index in [4.69, 9.17) is 0 Å². The molecule has 0 bridgehead atoms. The fourth-order valence-electron chi connectivity index (χ4n) is 2.99. The number of hydrogen-bond donors (Lipinski definition) is 0. The Bertz CT molecular complexity index is 965. The van der Waals surface area contributed by atoms with Crippen molar-refractivity contribution in [3.8, 4) is 22.3 Å². The van der Waals surface area contributed by atoms with Crippen molar-refractivity contribution >= 4 is 28.5 Å². The second-order valence-electron chi connectivity index (χ2n) is 6.39. The maximum Gasteiger partial charge on any atom is 0.214 e. The molecule has 2 heterocycles. The molecule has 0 saturated heterocycles. The molecule has 3 heteroatoms. The van der Waals surface area contributed by atoms with Gasteiger partial charge in [0, 0.05) is 11.1 Å². The largest absolute Gasteiger partial charge is 0.287 e. The zero-order valence-corrected chi connectivity index (χ0v) is 16.3. The minimum absolute atomic E-state index is 0.112. The summed E-state index contributed by atoms with van der Waals surface area (Å²) in [4.78, 5) is 14.9. The Kier molecular flexibility index (Phi) is 4.58. The quantitative estimate of drug-likeness (QED) is 0.352. The molecule has 0 radical (unpaired) electrons. The number of hydrogen-bond acceptors (Lipinski definition) is 3. The van der Waals surface area contributed by atoms with Gasteiger partial charge in [0.25, 0.3) is 0 Å². The van der Waals surface area contributed by atoms with Gasteiger partial charge in [0.15, 0.2) is 0 Å². The predicted octanol–water partition coefficient (Wildman–Crippen LogP) is 6.99.